The number of nitrogens with zero attached hydrogens (tertiary/aromatic N) is 2. The number of imidazole rings is 1. The molecule has 0 saturated heterocycles. The Morgan fingerprint density at radius 3 is 2.38 bits per heavy atom. The summed E-state index contributed by atoms with van der Waals surface area (Å²) in [7, 11) is 0. The normalized spacial score (nSPS) is 9.75. The van der Waals surface area contributed by atoms with Crippen molar-refractivity contribution in [3.8, 4) is 0 Å². The largest absolute Gasteiger partial charge is 0.805 e. The summed E-state index contributed by atoms with van der Waals surface area (Å²) in [5.41, 5.74) is 0.655. The summed E-state index contributed by atoms with van der Waals surface area (Å²) in [4.78, 5) is 3.77. The summed E-state index contributed by atoms with van der Waals surface area (Å²) >= 11 is 0. The zero-order chi connectivity index (χ0) is 6.15. The van der Waals surface area contributed by atoms with Crippen molar-refractivity contribution in [3.05, 3.63) is 22.9 Å². The number of aryl methyl sites for hydroxylation is 2. The minimum atomic E-state index is 0.516. The molecule has 0 saturated carbocycles. The predicted molar refractivity (Wildman–Crippen MR) is 30.5 cm³/mol. The number of aromatic nitrogens is 2. The maximum atomic E-state index is 10.6. The first-order valence-electron chi connectivity index (χ1n) is 2.40. The van der Waals surface area contributed by atoms with Crippen molar-refractivity contribution >= 4 is 0 Å². The van der Waals surface area contributed by atoms with E-state index < -0.39 is 0 Å². The van der Waals surface area contributed by atoms with Crippen LogP contribution in [0, 0.1) is 19.1 Å². The minimum absolute atomic E-state index is 0.516. The lowest BCUT2D eigenvalue weighted by Crippen LogP contribution is -1.90. The molecule has 0 aromatic carbocycles. The molecular weight excluding hydrogens is 104 g/mol. The molecule has 0 aliphatic rings. The molecule has 0 radical (unpaired) electrons. The minimum Gasteiger partial charge on any atom is -0.805 e. The second-order valence-electron chi connectivity index (χ2n) is 1.74. The predicted octanol–water partition coefficient (Wildman–Crippen LogP) is 0.846. The van der Waals surface area contributed by atoms with E-state index in [1.54, 1.807) is 20.0 Å². The standard InChI is InChI=1S/C5H7N2O/c1-4-3-6-5(2)7(4)8/h3H,1-2H3/q-1. The van der Waals surface area contributed by atoms with Crippen LogP contribution < -0.4 is 0 Å². The molecule has 0 unspecified atom stereocenters. The Morgan fingerprint density at radius 2 is 2.25 bits per heavy atom. The van der Waals surface area contributed by atoms with E-state index in [0.29, 0.717) is 11.5 Å². The van der Waals surface area contributed by atoms with Gasteiger partial charge in [-0.05, 0) is 13.8 Å². The Kier molecular flexibility index (Phi) is 0.970. The van der Waals surface area contributed by atoms with Crippen molar-refractivity contribution in [1.82, 2.24) is 9.71 Å². The van der Waals surface area contributed by atoms with Crippen LogP contribution >= 0.6 is 0 Å². The smallest absolute Gasteiger partial charge is 0.100 e. The Hall–Kier alpha value is -0.990. The lowest BCUT2D eigenvalue weighted by molar-refractivity contribution is 0.950. The molecule has 1 aromatic rings. The van der Waals surface area contributed by atoms with E-state index in [1.807, 2.05) is 0 Å². The highest BCUT2D eigenvalue weighted by molar-refractivity contribution is 5.02. The quantitative estimate of drug-likeness (QED) is 0.498. The summed E-state index contributed by atoms with van der Waals surface area (Å²) < 4.78 is 0.806. The number of hydrogen-bond donors (Lipinski definition) is 0. The van der Waals surface area contributed by atoms with Gasteiger partial charge in [0.25, 0.3) is 0 Å². The number of hydrogen-bond acceptors (Lipinski definition) is 2. The highest BCUT2D eigenvalue weighted by Crippen LogP contribution is 1.97. The molecule has 8 heavy (non-hydrogen) atoms. The topological polar surface area (TPSA) is 40.9 Å². The fourth-order valence-electron chi connectivity index (χ4n) is 0.547. The van der Waals surface area contributed by atoms with Gasteiger partial charge in [-0.3, -0.25) is 0 Å². The molecule has 1 heterocycles. The van der Waals surface area contributed by atoms with E-state index in [4.69, 9.17) is 0 Å². The van der Waals surface area contributed by atoms with Crippen LogP contribution in [0.5, 0.6) is 0 Å². The fourth-order valence-corrected chi connectivity index (χ4v) is 0.547. The van der Waals surface area contributed by atoms with E-state index in [9.17, 15) is 5.21 Å². The van der Waals surface area contributed by atoms with Crippen LogP contribution in [0.2, 0.25) is 0 Å². The molecule has 44 valence electrons. The van der Waals surface area contributed by atoms with Gasteiger partial charge in [-0.15, -0.1) is 0 Å². The Balaban J connectivity index is 3.19. The molecular formula is C5H7N2O-. The average molecular weight is 111 g/mol. The van der Waals surface area contributed by atoms with Gasteiger partial charge in [-0.25, -0.2) is 4.98 Å². The van der Waals surface area contributed by atoms with Crippen molar-refractivity contribution < 1.29 is 0 Å². The zero-order valence-corrected chi connectivity index (χ0v) is 4.88. The van der Waals surface area contributed by atoms with Crippen LogP contribution in [0.25, 0.3) is 0 Å². The molecule has 3 heteroatoms. The molecule has 0 aliphatic heterocycles. The van der Waals surface area contributed by atoms with E-state index in [0.717, 1.165) is 4.73 Å². The molecule has 0 spiro atoms. The van der Waals surface area contributed by atoms with Crippen LogP contribution in [0.1, 0.15) is 11.5 Å². The fraction of sp³-hybridized carbons (Fsp3) is 0.400. The van der Waals surface area contributed by atoms with Crippen LogP contribution in [0.4, 0.5) is 0 Å². The van der Waals surface area contributed by atoms with Crippen LogP contribution in [-0.4, -0.2) is 9.71 Å². The Bertz CT molecular complexity index is 173. The van der Waals surface area contributed by atoms with E-state index in [1.165, 1.54) is 0 Å². The molecule has 0 amide bonds. The van der Waals surface area contributed by atoms with Crippen molar-refractivity contribution in [1.29, 1.82) is 0 Å². The molecule has 1 rings (SSSR count). The second-order valence-corrected chi connectivity index (χ2v) is 1.74. The van der Waals surface area contributed by atoms with Crippen molar-refractivity contribution in [2.24, 2.45) is 0 Å². The van der Waals surface area contributed by atoms with Gasteiger partial charge in [0.05, 0.1) is 0 Å². The monoisotopic (exact) mass is 111 g/mol. The summed E-state index contributed by atoms with van der Waals surface area (Å²) in [6.07, 6.45) is 1.56. The van der Waals surface area contributed by atoms with Crippen molar-refractivity contribution in [2.75, 3.05) is 0 Å². The molecule has 3 nitrogen and oxygen atoms in total. The maximum Gasteiger partial charge on any atom is 0.100 e. The van der Waals surface area contributed by atoms with E-state index >= 15 is 0 Å². The van der Waals surface area contributed by atoms with E-state index in [2.05, 4.69) is 4.98 Å². The van der Waals surface area contributed by atoms with Gasteiger partial charge in [-0.1, -0.05) is 0 Å². The third-order valence-corrected chi connectivity index (χ3v) is 1.05. The van der Waals surface area contributed by atoms with Gasteiger partial charge in [0, 0.05) is 11.9 Å². The summed E-state index contributed by atoms with van der Waals surface area (Å²) in [6, 6.07) is 0. The average Bonchev–Trinajstić information content (AvgIpc) is 1.98. The van der Waals surface area contributed by atoms with E-state index in [-0.39, 0.29) is 0 Å². The third-order valence-electron chi connectivity index (χ3n) is 1.05. The molecule has 0 atom stereocenters. The second kappa shape index (κ2) is 1.51. The van der Waals surface area contributed by atoms with Gasteiger partial charge in [-0.2, -0.15) is 0 Å². The summed E-state index contributed by atoms with van der Waals surface area (Å²) in [5, 5.41) is 10.6. The highest BCUT2D eigenvalue weighted by Gasteiger charge is 1.88. The number of rotatable bonds is 0. The lowest BCUT2D eigenvalue weighted by atomic mass is 10.6. The Morgan fingerprint density at radius 1 is 1.62 bits per heavy atom. The van der Waals surface area contributed by atoms with Crippen LogP contribution in [-0.2, 0) is 0 Å². The summed E-state index contributed by atoms with van der Waals surface area (Å²) in [5.74, 6) is 0.516. The van der Waals surface area contributed by atoms with Gasteiger partial charge in [0.1, 0.15) is 5.82 Å². The molecule has 0 aliphatic carbocycles. The first-order valence-corrected chi connectivity index (χ1v) is 2.40. The van der Waals surface area contributed by atoms with Gasteiger partial charge in [0.2, 0.25) is 0 Å². The Labute approximate surface area is 47.5 Å². The third kappa shape index (κ3) is 0.559. The van der Waals surface area contributed by atoms with Crippen LogP contribution in [0.3, 0.4) is 0 Å². The molecule has 0 fully saturated rings. The SMILES string of the molecule is Cc1cnc(C)n1[O-]. The molecule has 0 bridgehead atoms. The first kappa shape index (κ1) is 5.15. The lowest BCUT2D eigenvalue weighted by Gasteiger charge is -2.08. The summed E-state index contributed by atoms with van der Waals surface area (Å²) in [6.45, 7) is 3.41. The van der Waals surface area contributed by atoms with Gasteiger partial charge < -0.3 is 9.94 Å². The van der Waals surface area contributed by atoms with Crippen LogP contribution in [0.15, 0.2) is 6.20 Å². The van der Waals surface area contributed by atoms with Crippen molar-refractivity contribution in [2.45, 2.75) is 13.8 Å². The van der Waals surface area contributed by atoms with Gasteiger partial charge in [0.15, 0.2) is 0 Å². The highest BCUT2D eigenvalue weighted by atomic mass is 16.5. The first-order chi connectivity index (χ1) is 3.72. The maximum absolute atomic E-state index is 10.6. The van der Waals surface area contributed by atoms with Gasteiger partial charge >= 0.3 is 0 Å². The van der Waals surface area contributed by atoms with Crippen molar-refractivity contribution in [3.63, 3.8) is 0 Å². The molecule has 0 N–H and O–H groups in total. The zero-order valence-electron chi connectivity index (χ0n) is 4.88. The molecule has 1 aromatic heterocycles.